The van der Waals surface area contributed by atoms with E-state index in [-0.39, 0.29) is 10.7 Å². The predicted molar refractivity (Wildman–Crippen MR) is 61.6 cm³/mol. The Morgan fingerprint density at radius 3 is 3.00 bits per heavy atom. The molecule has 0 radical (unpaired) electrons. The first-order chi connectivity index (χ1) is 8.20. The number of aromatic nitrogens is 3. The van der Waals surface area contributed by atoms with Crippen molar-refractivity contribution in [1.82, 2.24) is 14.5 Å². The van der Waals surface area contributed by atoms with Gasteiger partial charge in [-0.2, -0.15) is 5.26 Å². The third-order valence-corrected chi connectivity index (χ3v) is 2.42. The molecule has 0 aromatic carbocycles. The molecule has 2 aromatic heterocycles. The first kappa shape index (κ1) is 11.3. The minimum absolute atomic E-state index is 0.0675. The number of hydrogen-bond donors (Lipinski definition) is 0. The minimum atomic E-state index is -0.357. The van der Waals surface area contributed by atoms with E-state index in [1.165, 1.54) is 17.0 Å². The predicted octanol–water partition coefficient (Wildman–Crippen LogP) is 1.21. The van der Waals surface area contributed by atoms with E-state index in [1.54, 1.807) is 18.3 Å². The fraction of sp³-hybridized carbons (Fsp3) is 0.0909. The summed E-state index contributed by atoms with van der Waals surface area (Å²) >= 11 is 5.63. The summed E-state index contributed by atoms with van der Waals surface area (Å²) in [6, 6.07) is 5.31. The second kappa shape index (κ2) is 4.76. The summed E-state index contributed by atoms with van der Waals surface area (Å²) in [5.41, 5.74) is 0.765. The van der Waals surface area contributed by atoms with E-state index >= 15 is 0 Å². The lowest BCUT2D eigenvalue weighted by molar-refractivity contribution is 0.747. The summed E-state index contributed by atoms with van der Waals surface area (Å²) in [5, 5.41) is 8.65. The lowest BCUT2D eigenvalue weighted by Gasteiger charge is -2.05. The van der Waals surface area contributed by atoms with Crippen molar-refractivity contribution in [1.29, 1.82) is 5.26 Å². The van der Waals surface area contributed by atoms with Gasteiger partial charge in [0, 0.05) is 18.6 Å². The van der Waals surface area contributed by atoms with E-state index in [2.05, 4.69) is 9.97 Å². The Kier molecular flexibility index (Phi) is 3.17. The molecule has 0 spiro atoms. The van der Waals surface area contributed by atoms with Crippen molar-refractivity contribution in [3.8, 4) is 6.07 Å². The molecule has 2 aromatic rings. The van der Waals surface area contributed by atoms with Gasteiger partial charge < -0.3 is 4.57 Å². The van der Waals surface area contributed by atoms with Gasteiger partial charge in [-0.15, -0.1) is 0 Å². The van der Waals surface area contributed by atoms with Crippen LogP contribution in [0.25, 0.3) is 0 Å². The third kappa shape index (κ3) is 2.49. The molecule has 2 rings (SSSR count). The molecule has 0 atom stereocenters. The van der Waals surface area contributed by atoms with Crippen molar-refractivity contribution in [2.75, 3.05) is 0 Å². The van der Waals surface area contributed by atoms with Crippen LogP contribution in [0.1, 0.15) is 11.3 Å². The Morgan fingerprint density at radius 2 is 2.24 bits per heavy atom. The quantitative estimate of drug-likeness (QED) is 0.799. The summed E-state index contributed by atoms with van der Waals surface area (Å²) in [7, 11) is 0. The Morgan fingerprint density at radius 1 is 1.41 bits per heavy atom. The molecule has 0 saturated carbocycles. The molecule has 0 fully saturated rings. The van der Waals surface area contributed by atoms with Gasteiger partial charge in [-0.1, -0.05) is 11.6 Å². The summed E-state index contributed by atoms with van der Waals surface area (Å²) in [6.45, 7) is 0.332. The minimum Gasteiger partial charge on any atom is -0.307 e. The lowest BCUT2D eigenvalue weighted by Crippen LogP contribution is -2.21. The monoisotopic (exact) mass is 246 g/mol. The lowest BCUT2D eigenvalue weighted by atomic mass is 10.2. The van der Waals surface area contributed by atoms with Crippen molar-refractivity contribution in [2.45, 2.75) is 6.54 Å². The Hall–Kier alpha value is -2.19. The number of pyridine rings is 1. The van der Waals surface area contributed by atoms with Gasteiger partial charge >= 0.3 is 0 Å². The number of rotatable bonds is 2. The van der Waals surface area contributed by atoms with E-state index in [1.807, 2.05) is 6.07 Å². The highest BCUT2D eigenvalue weighted by Gasteiger charge is 2.03. The molecular weight excluding hydrogens is 240 g/mol. The van der Waals surface area contributed by atoms with Crippen LogP contribution in [0.4, 0.5) is 0 Å². The summed E-state index contributed by atoms with van der Waals surface area (Å²) in [6.07, 6.45) is 4.53. The normalized spacial score (nSPS) is 9.88. The zero-order valence-corrected chi connectivity index (χ0v) is 9.42. The molecule has 0 aliphatic rings. The molecule has 2 heterocycles. The van der Waals surface area contributed by atoms with E-state index in [9.17, 15) is 4.79 Å². The molecule has 0 amide bonds. The van der Waals surface area contributed by atoms with Crippen molar-refractivity contribution in [2.24, 2.45) is 0 Å². The zero-order valence-electron chi connectivity index (χ0n) is 8.67. The van der Waals surface area contributed by atoms with Gasteiger partial charge in [-0.3, -0.25) is 4.79 Å². The molecule has 0 aliphatic carbocycles. The first-order valence-corrected chi connectivity index (χ1v) is 5.14. The van der Waals surface area contributed by atoms with Gasteiger partial charge in [0.1, 0.15) is 11.8 Å². The zero-order chi connectivity index (χ0) is 12.3. The van der Waals surface area contributed by atoms with Gasteiger partial charge in [0.05, 0.1) is 6.54 Å². The van der Waals surface area contributed by atoms with Crippen LogP contribution in [0.2, 0.25) is 5.15 Å². The molecule has 0 aliphatic heterocycles. The van der Waals surface area contributed by atoms with Crippen LogP contribution in [0.15, 0.2) is 35.5 Å². The average Bonchev–Trinajstić information content (AvgIpc) is 2.35. The topological polar surface area (TPSA) is 71.6 Å². The number of nitriles is 1. The van der Waals surface area contributed by atoms with Crippen LogP contribution in [-0.4, -0.2) is 14.5 Å². The van der Waals surface area contributed by atoms with Gasteiger partial charge in [0.15, 0.2) is 5.15 Å². The molecule has 17 heavy (non-hydrogen) atoms. The summed E-state index contributed by atoms with van der Waals surface area (Å²) in [5.74, 6) is 0. The first-order valence-electron chi connectivity index (χ1n) is 4.76. The van der Waals surface area contributed by atoms with Crippen molar-refractivity contribution >= 4 is 11.6 Å². The summed E-state index contributed by atoms with van der Waals surface area (Å²) in [4.78, 5) is 19.2. The average molecular weight is 247 g/mol. The van der Waals surface area contributed by atoms with Crippen LogP contribution in [0, 0.1) is 11.3 Å². The second-order valence-corrected chi connectivity index (χ2v) is 3.67. The van der Waals surface area contributed by atoms with E-state index in [4.69, 9.17) is 16.9 Å². The Bertz CT molecular complexity index is 644. The van der Waals surface area contributed by atoms with Crippen LogP contribution in [-0.2, 0) is 6.54 Å². The van der Waals surface area contributed by atoms with Gasteiger partial charge in [0.25, 0.3) is 5.56 Å². The van der Waals surface area contributed by atoms with Crippen molar-refractivity contribution in [3.63, 3.8) is 0 Å². The van der Waals surface area contributed by atoms with Crippen LogP contribution < -0.4 is 5.56 Å². The van der Waals surface area contributed by atoms with Gasteiger partial charge in [0.2, 0.25) is 0 Å². The maximum absolute atomic E-state index is 11.6. The van der Waals surface area contributed by atoms with Crippen LogP contribution in [0.3, 0.4) is 0 Å². The molecule has 5 nitrogen and oxygen atoms in total. The third-order valence-electron chi connectivity index (χ3n) is 2.16. The van der Waals surface area contributed by atoms with Crippen molar-refractivity contribution in [3.05, 3.63) is 57.5 Å². The smallest absolute Gasteiger partial charge is 0.288 e. The highest BCUT2D eigenvalue weighted by Crippen LogP contribution is 2.03. The van der Waals surface area contributed by atoms with Gasteiger partial charge in [-0.05, 0) is 17.7 Å². The highest BCUT2D eigenvalue weighted by atomic mass is 35.5. The van der Waals surface area contributed by atoms with Crippen LogP contribution in [0.5, 0.6) is 0 Å². The number of nitrogens with zero attached hydrogens (tertiary/aromatic N) is 4. The standard InChI is InChI=1S/C11H7ClN4O/c12-10-11(17)16(4-3-15-10)7-8-1-2-14-9(5-8)6-13/h1-5H,7H2. The molecule has 6 heteroatoms. The highest BCUT2D eigenvalue weighted by molar-refractivity contribution is 6.29. The maximum atomic E-state index is 11.6. The SMILES string of the molecule is N#Cc1cc(Cn2ccnc(Cl)c2=O)ccn1. The Balaban J connectivity index is 2.35. The van der Waals surface area contributed by atoms with Crippen molar-refractivity contribution < 1.29 is 0 Å². The molecule has 0 N–H and O–H groups in total. The second-order valence-electron chi connectivity index (χ2n) is 3.31. The largest absolute Gasteiger partial charge is 0.307 e. The maximum Gasteiger partial charge on any atom is 0.288 e. The number of halogens is 1. The van der Waals surface area contributed by atoms with E-state index < -0.39 is 0 Å². The fourth-order valence-corrected chi connectivity index (χ4v) is 1.54. The molecule has 0 unspecified atom stereocenters. The number of hydrogen-bond acceptors (Lipinski definition) is 4. The fourth-order valence-electron chi connectivity index (χ4n) is 1.38. The Labute approximate surface area is 102 Å². The summed E-state index contributed by atoms with van der Waals surface area (Å²) < 4.78 is 1.42. The van der Waals surface area contributed by atoms with Crippen LogP contribution >= 0.6 is 11.6 Å². The molecular formula is C11H7ClN4O. The van der Waals surface area contributed by atoms with E-state index in [0.717, 1.165) is 5.56 Å². The van der Waals surface area contributed by atoms with Gasteiger partial charge in [-0.25, -0.2) is 9.97 Å². The molecule has 0 bridgehead atoms. The molecule has 0 saturated heterocycles. The molecule has 84 valence electrons. The van der Waals surface area contributed by atoms with E-state index in [0.29, 0.717) is 12.2 Å².